The monoisotopic (exact) mass is 285 g/mol. The number of hydrogen-bond donors (Lipinski definition) is 2. The summed E-state index contributed by atoms with van der Waals surface area (Å²) in [6.07, 6.45) is -1.10. The summed E-state index contributed by atoms with van der Waals surface area (Å²) >= 11 is 7.88. The zero-order valence-electron chi connectivity index (χ0n) is 10.5. The van der Waals surface area contributed by atoms with Crippen molar-refractivity contribution in [2.24, 2.45) is 5.92 Å². The minimum absolute atomic E-state index is 0.389. The third kappa shape index (κ3) is 2.51. The average Bonchev–Trinajstić information content (AvgIpc) is 2.56. The van der Waals surface area contributed by atoms with Crippen LogP contribution in [-0.4, -0.2) is 16.3 Å². The molecule has 1 aromatic rings. The molecule has 1 aliphatic rings. The van der Waals surface area contributed by atoms with Crippen LogP contribution in [0.15, 0.2) is 17.0 Å². The van der Waals surface area contributed by atoms with Gasteiger partial charge in [-0.25, -0.2) is 0 Å². The van der Waals surface area contributed by atoms with Crippen LogP contribution in [0.3, 0.4) is 0 Å². The third-order valence-electron chi connectivity index (χ3n) is 3.16. The van der Waals surface area contributed by atoms with Crippen molar-refractivity contribution < 1.29 is 9.90 Å². The van der Waals surface area contributed by atoms with E-state index in [2.05, 4.69) is 26.1 Å². The molecule has 0 aromatic heterocycles. The van der Waals surface area contributed by atoms with Crippen molar-refractivity contribution in [2.45, 2.75) is 37.0 Å². The summed E-state index contributed by atoms with van der Waals surface area (Å²) < 4.78 is 0. The highest BCUT2D eigenvalue weighted by Gasteiger charge is 2.29. The summed E-state index contributed by atoms with van der Waals surface area (Å²) in [6, 6.07) is 3.52. The molecule has 1 aromatic carbocycles. The lowest BCUT2D eigenvalue weighted by Crippen LogP contribution is -2.10. The van der Waals surface area contributed by atoms with Crippen LogP contribution in [0.2, 0.25) is 5.02 Å². The van der Waals surface area contributed by atoms with Crippen molar-refractivity contribution in [1.82, 2.24) is 0 Å². The Balaban J connectivity index is 2.30. The second-order valence-corrected chi connectivity index (χ2v) is 6.65. The van der Waals surface area contributed by atoms with Crippen molar-refractivity contribution in [3.63, 3.8) is 0 Å². The molecule has 0 aliphatic carbocycles. The van der Waals surface area contributed by atoms with Gasteiger partial charge in [0.25, 0.3) is 5.91 Å². The second-order valence-electron chi connectivity index (χ2n) is 4.83. The first-order chi connectivity index (χ1) is 8.40. The van der Waals surface area contributed by atoms with E-state index >= 15 is 0 Å². The number of carbonyl (C=O) groups excluding carboxylic acids is 1. The fourth-order valence-electron chi connectivity index (χ4n) is 1.67. The number of carbonyl (C=O) groups is 1. The number of anilines is 1. The molecule has 1 heterocycles. The number of amides is 1. The summed E-state index contributed by atoms with van der Waals surface area (Å²) in [7, 11) is 0. The van der Waals surface area contributed by atoms with Crippen molar-refractivity contribution in [3.8, 4) is 0 Å². The molecule has 0 fully saturated rings. The molecule has 2 rings (SSSR count). The van der Waals surface area contributed by atoms with Gasteiger partial charge in [0, 0.05) is 21.4 Å². The summed E-state index contributed by atoms with van der Waals surface area (Å²) in [5.41, 5.74) is 1.22. The van der Waals surface area contributed by atoms with Crippen molar-refractivity contribution in [1.29, 1.82) is 0 Å². The lowest BCUT2D eigenvalue weighted by atomic mass is 10.1. The number of thioether (sulfide) groups is 1. The maximum absolute atomic E-state index is 11.4. The molecule has 2 N–H and O–H groups in total. The van der Waals surface area contributed by atoms with Crippen molar-refractivity contribution >= 4 is 35.0 Å². The van der Waals surface area contributed by atoms with Crippen molar-refractivity contribution in [3.05, 3.63) is 22.7 Å². The maximum Gasteiger partial charge on any atom is 0.257 e. The first-order valence-corrected chi connectivity index (χ1v) is 7.15. The van der Waals surface area contributed by atoms with E-state index in [1.807, 2.05) is 6.07 Å². The quantitative estimate of drug-likeness (QED) is 0.836. The molecular weight excluding hydrogens is 270 g/mol. The highest BCUT2D eigenvalue weighted by atomic mass is 35.5. The summed E-state index contributed by atoms with van der Waals surface area (Å²) in [5, 5.41) is 13.3. The minimum Gasteiger partial charge on any atom is -0.378 e. The number of hydrogen-bond acceptors (Lipinski definition) is 3. The molecule has 0 spiro atoms. The Morgan fingerprint density at radius 1 is 1.39 bits per heavy atom. The van der Waals surface area contributed by atoms with E-state index in [9.17, 15) is 9.90 Å². The van der Waals surface area contributed by atoms with Gasteiger partial charge < -0.3 is 10.4 Å². The number of aliphatic hydroxyl groups is 1. The van der Waals surface area contributed by atoms with Gasteiger partial charge in [0.15, 0.2) is 6.10 Å². The average molecular weight is 286 g/mol. The second kappa shape index (κ2) is 5.11. The zero-order valence-corrected chi connectivity index (χ0v) is 12.1. The highest BCUT2D eigenvalue weighted by molar-refractivity contribution is 8.00. The minimum atomic E-state index is -1.10. The molecule has 5 heteroatoms. The fraction of sp³-hybridized carbons (Fsp3) is 0.462. The number of rotatable bonds is 3. The predicted octanol–water partition coefficient (Wildman–Crippen LogP) is 3.46. The van der Waals surface area contributed by atoms with Gasteiger partial charge in [-0.1, -0.05) is 32.4 Å². The van der Waals surface area contributed by atoms with Gasteiger partial charge in [-0.05, 0) is 18.1 Å². The van der Waals surface area contributed by atoms with Crippen LogP contribution in [0.4, 0.5) is 5.69 Å². The lowest BCUT2D eigenvalue weighted by Gasteiger charge is -2.16. The molecule has 0 saturated heterocycles. The first-order valence-electron chi connectivity index (χ1n) is 5.89. The normalized spacial score (nSPS) is 19.9. The van der Waals surface area contributed by atoms with E-state index in [1.165, 1.54) is 0 Å². The summed E-state index contributed by atoms with van der Waals surface area (Å²) in [6.45, 7) is 6.46. The van der Waals surface area contributed by atoms with Crippen molar-refractivity contribution in [2.75, 3.05) is 5.32 Å². The Labute approximate surface area is 116 Å². The lowest BCUT2D eigenvalue weighted by molar-refractivity contribution is -0.123. The van der Waals surface area contributed by atoms with E-state index in [0.29, 0.717) is 27.4 Å². The van der Waals surface area contributed by atoms with E-state index < -0.39 is 6.10 Å². The van der Waals surface area contributed by atoms with Gasteiger partial charge in [0.1, 0.15) is 0 Å². The predicted molar refractivity (Wildman–Crippen MR) is 75.2 cm³/mol. The molecule has 1 aliphatic heterocycles. The summed E-state index contributed by atoms with van der Waals surface area (Å²) in [5.74, 6) is 0.152. The molecule has 1 amide bonds. The largest absolute Gasteiger partial charge is 0.378 e. The van der Waals surface area contributed by atoms with Gasteiger partial charge in [0.05, 0.1) is 5.02 Å². The molecule has 0 saturated carbocycles. The Morgan fingerprint density at radius 2 is 2.06 bits per heavy atom. The van der Waals surface area contributed by atoms with E-state index in [-0.39, 0.29) is 5.91 Å². The smallest absolute Gasteiger partial charge is 0.257 e. The van der Waals surface area contributed by atoms with Gasteiger partial charge in [0.2, 0.25) is 0 Å². The van der Waals surface area contributed by atoms with Crippen LogP contribution in [-0.2, 0) is 4.79 Å². The Hall–Kier alpha value is -0.710. The van der Waals surface area contributed by atoms with Gasteiger partial charge in [-0.3, -0.25) is 4.79 Å². The number of nitrogens with one attached hydrogen (secondary N) is 1. The SMILES string of the molecule is CC(C)C(C)Sc1cc2c(cc1Cl)C(O)C(=O)N2. The van der Waals surface area contributed by atoms with E-state index in [0.717, 1.165) is 4.90 Å². The summed E-state index contributed by atoms with van der Waals surface area (Å²) in [4.78, 5) is 12.3. The molecular formula is C13H16ClNO2S. The zero-order chi connectivity index (χ0) is 13.4. The Bertz CT molecular complexity index is 490. The Morgan fingerprint density at radius 3 is 2.67 bits per heavy atom. The fourth-order valence-corrected chi connectivity index (χ4v) is 3.01. The van der Waals surface area contributed by atoms with Gasteiger partial charge in [-0.2, -0.15) is 0 Å². The molecule has 3 nitrogen and oxygen atoms in total. The molecule has 0 radical (unpaired) electrons. The standard InChI is InChI=1S/C13H16ClNO2S/c1-6(2)7(3)18-11-5-10-8(4-9(11)14)12(16)13(17)15-10/h4-7,12,16H,1-3H3,(H,15,17). The maximum atomic E-state index is 11.4. The first kappa shape index (κ1) is 13.7. The number of halogens is 1. The van der Waals surface area contributed by atoms with E-state index in [1.54, 1.807) is 17.8 Å². The van der Waals surface area contributed by atoms with Gasteiger partial charge >= 0.3 is 0 Å². The Kier molecular flexibility index (Phi) is 3.90. The number of fused-ring (bicyclic) bond motifs is 1. The third-order valence-corrected chi connectivity index (χ3v) is 5.09. The molecule has 2 atom stereocenters. The molecule has 0 bridgehead atoms. The van der Waals surface area contributed by atoms with Crippen LogP contribution in [0, 0.1) is 5.92 Å². The molecule has 98 valence electrons. The van der Waals surface area contributed by atoms with E-state index in [4.69, 9.17) is 11.6 Å². The molecule has 2 unspecified atom stereocenters. The van der Waals surface area contributed by atoms with Crippen LogP contribution in [0.1, 0.15) is 32.4 Å². The molecule has 18 heavy (non-hydrogen) atoms. The van der Waals surface area contributed by atoms with Crippen LogP contribution < -0.4 is 5.32 Å². The van der Waals surface area contributed by atoms with Crippen LogP contribution >= 0.6 is 23.4 Å². The number of aliphatic hydroxyl groups excluding tert-OH is 1. The number of benzene rings is 1. The van der Waals surface area contributed by atoms with Crippen LogP contribution in [0.5, 0.6) is 0 Å². The van der Waals surface area contributed by atoms with Gasteiger partial charge in [-0.15, -0.1) is 11.8 Å². The van der Waals surface area contributed by atoms with Crippen LogP contribution in [0.25, 0.3) is 0 Å². The topological polar surface area (TPSA) is 49.3 Å². The highest BCUT2D eigenvalue weighted by Crippen LogP contribution is 2.40.